The maximum atomic E-state index is 8.17. The molecular formula is C11H20N2S. The number of hydrogen-bond donors (Lipinski definition) is 1. The lowest BCUT2D eigenvalue weighted by Crippen LogP contribution is -2.39. The summed E-state index contributed by atoms with van der Waals surface area (Å²) in [5.41, 5.74) is 0. The van der Waals surface area contributed by atoms with Gasteiger partial charge in [-0.15, -0.1) is 0 Å². The molecule has 2 aliphatic rings. The van der Waals surface area contributed by atoms with E-state index in [1.54, 1.807) is 0 Å². The van der Waals surface area contributed by atoms with Crippen molar-refractivity contribution in [3.8, 4) is 0 Å². The van der Waals surface area contributed by atoms with Gasteiger partial charge < -0.3 is 4.90 Å². The fourth-order valence-electron chi connectivity index (χ4n) is 2.51. The summed E-state index contributed by atoms with van der Waals surface area (Å²) in [7, 11) is 2.12. The summed E-state index contributed by atoms with van der Waals surface area (Å²) in [6.07, 6.45) is 6.45. The number of amidine groups is 1. The minimum Gasteiger partial charge on any atom is -0.360 e. The van der Waals surface area contributed by atoms with Gasteiger partial charge in [0, 0.05) is 24.8 Å². The zero-order valence-electron chi connectivity index (χ0n) is 8.96. The molecule has 1 atom stereocenters. The highest BCUT2D eigenvalue weighted by atomic mass is 32.2. The average Bonchev–Trinajstić information content (AvgIpc) is 2.87. The zero-order chi connectivity index (χ0) is 9.97. The highest BCUT2D eigenvalue weighted by Gasteiger charge is 2.27. The van der Waals surface area contributed by atoms with E-state index >= 15 is 0 Å². The molecule has 0 spiro atoms. The van der Waals surface area contributed by atoms with Crippen LogP contribution < -0.4 is 0 Å². The Morgan fingerprint density at radius 3 is 2.57 bits per heavy atom. The first-order valence-electron chi connectivity index (χ1n) is 5.68. The number of thioether (sulfide) groups is 1. The van der Waals surface area contributed by atoms with E-state index in [1.807, 2.05) is 11.8 Å². The summed E-state index contributed by atoms with van der Waals surface area (Å²) in [6.45, 7) is 0. The summed E-state index contributed by atoms with van der Waals surface area (Å²) in [6, 6.07) is 0.646. The SMILES string of the molecule is CN(C(=N)C1CCCC1)C1CCSC1. The van der Waals surface area contributed by atoms with Crippen molar-refractivity contribution in [2.45, 2.75) is 38.1 Å². The highest BCUT2D eigenvalue weighted by Crippen LogP contribution is 2.29. The smallest absolute Gasteiger partial charge is 0.0989 e. The van der Waals surface area contributed by atoms with E-state index in [9.17, 15) is 0 Å². The van der Waals surface area contributed by atoms with Gasteiger partial charge >= 0.3 is 0 Å². The second kappa shape index (κ2) is 4.56. The van der Waals surface area contributed by atoms with Crippen LogP contribution in [0.25, 0.3) is 0 Å². The van der Waals surface area contributed by atoms with Crippen LogP contribution in [0.3, 0.4) is 0 Å². The molecule has 2 fully saturated rings. The predicted molar refractivity (Wildman–Crippen MR) is 63.2 cm³/mol. The van der Waals surface area contributed by atoms with Gasteiger partial charge in [-0.05, 0) is 25.0 Å². The molecule has 2 rings (SSSR count). The second-order valence-corrected chi connectivity index (χ2v) is 5.64. The molecule has 1 N–H and O–H groups in total. The molecule has 1 saturated heterocycles. The lowest BCUT2D eigenvalue weighted by atomic mass is 10.0. The molecule has 1 aliphatic carbocycles. The molecule has 0 aromatic carbocycles. The number of hydrogen-bond acceptors (Lipinski definition) is 2. The van der Waals surface area contributed by atoms with Crippen molar-refractivity contribution in [1.29, 1.82) is 5.41 Å². The summed E-state index contributed by atoms with van der Waals surface area (Å²) >= 11 is 2.03. The lowest BCUT2D eigenvalue weighted by Gasteiger charge is -2.29. The van der Waals surface area contributed by atoms with E-state index in [-0.39, 0.29) is 0 Å². The van der Waals surface area contributed by atoms with Gasteiger partial charge in [0.05, 0.1) is 5.84 Å². The van der Waals surface area contributed by atoms with E-state index in [1.165, 1.54) is 43.6 Å². The van der Waals surface area contributed by atoms with Crippen LogP contribution in [0.15, 0.2) is 0 Å². The fraction of sp³-hybridized carbons (Fsp3) is 0.909. The van der Waals surface area contributed by atoms with Crippen molar-refractivity contribution in [2.75, 3.05) is 18.6 Å². The topological polar surface area (TPSA) is 27.1 Å². The maximum Gasteiger partial charge on any atom is 0.0989 e. The molecule has 1 saturated carbocycles. The van der Waals surface area contributed by atoms with E-state index < -0.39 is 0 Å². The van der Waals surface area contributed by atoms with Gasteiger partial charge in [-0.3, -0.25) is 5.41 Å². The van der Waals surface area contributed by atoms with Crippen molar-refractivity contribution in [3.63, 3.8) is 0 Å². The quantitative estimate of drug-likeness (QED) is 0.562. The zero-order valence-corrected chi connectivity index (χ0v) is 9.78. The molecule has 3 heteroatoms. The molecule has 1 unspecified atom stereocenters. The average molecular weight is 212 g/mol. The first kappa shape index (κ1) is 10.3. The summed E-state index contributed by atoms with van der Waals surface area (Å²) in [5, 5.41) is 8.17. The van der Waals surface area contributed by atoms with E-state index in [0.717, 1.165) is 5.84 Å². The Kier molecular flexibility index (Phi) is 3.37. The Hall–Kier alpha value is -0.180. The molecule has 80 valence electrons. The third-order valence-corrected chi connectivity index (χ3v) is 4.72. The molecule has 1 aliphatic heterocycles. The second-order valence-electron chi connectivity index (χ2n) is 4.49. The summed E-state index contributed by atoms with van der Waals surface area (Å²) < 4.78 is 0. The van der Waals surface area contributed by atoms with Gasteiger partial charge in [0.2, 0.25) is 0 Å². The first-order chi connectivity index (χ1) is 6.79. The van der Waals surface area contributed by atoms with Gasteiger partial charge in [0.1, 0.15) is 0 Å². The van der Waals surface area contributed by atoms with Crippen molar-refractivity contribution in [1.82, 2.24) is 4.90 Å². The first-order valence-corrected chi connectivity index (χ1v) is 6.83. The maximum absolute atomic E-state index is 8.17. The van der Waals surface area contributed by atoms with E-state index in [4.69, 9.17) is 5.41 Å². The van der Waals surface area contributed by atoms with Crippen LogP contribution in [0.2, 0.25) is 0 Å². The predicted octanol–water partition coefficient (Wildman–Crippen LogP) is 2.59. The fourth-order valence-corrected chi connectivity index (χ4v) is 3.78. The van der Waals surface area contributed by atoms with Crippen LogP contribution in [-0.2, 0) is 0 Å². The molecule has 14 heavy (non-hydrogen) atoms. The number of nitrogens with zero attached hydrogens (tertiary/aromatic N) is 1. The van der Waals surface area contributed by atoms with Gasteiger partial charge in [0.15, 0.2) is 0 Å². The summed E-state index contributed by atoms with van der Waals surface area (Å²) in [4.78, 5) is 2.25. The minimum absolute atomic E-state index is 0.575. The molecule has 0 radical (unpaired) electrons. The van der Waals surface area contributed by atoms with Crippen LogP contribution in [0.4, 0.5) is 0 Å². The normalized spacial score (nSPS) is 28.2. The van der Waals surface area contributed by atoms with Gasteiger partial charge in [-0.25, -0.2) is 0 Å². The monoisotopic (exact) mass is 212 g/mol. The Bertz CT molecular complexity index is 205. The van der Waals surface area contributed by atoms with Gasteiger partial charge in [0.25, 0.3) is 0 Å². The van der Waals surface area contributed by atoms with Crippen molar-refractivity contribution in [3.05, 3.63) is 0 Å². The van der Waals surface area contributed by atoms with Crippen LogP contribution in [0.1, 0.15) is 32.1 Å². The van der Waals surface area contributed by atoms with Crippen molar-refractivity contribution < 1.29 is 0 Å². The van der Waals surface area contributed by atoms with Crippen LogP contribution in [0, 0.1) is 11.3 Å². The lowest BCUT2D eigenvalue weighted by molar-refractivity contribution is 0.372. The van der Waals surface area contributed by atoms with Crippen LogP contribution in [-0.4, -0.2) is 35.3 Å². The molecular weight excluding hydrogens is 192 g/mol. The molecule has 0 amide bonds. The van der Waals surface area contributed by atoms with Crippen LogP contribution >= 0.6 is 11.8 Å². The van der Waals surface area contributed by atoms with Crippen LogP contribution in [0.5, 0.6) is 0 Å². The van der Waals surface area contributed by atoms with Gasteiger partial charge in [-0.1, -0.05) is 12.8 Å². The summed E-state index contributed by atoms with van der Waals surface area (Å²) in [5.74, 6) is 4.00. The van der Waals surface area contributed by atoms with E-state index in [2.05, 4.69) is 11.9 Å². The largest absolute Gasteiger partial charge is 0.360 e. The van der Waals surface area contributed by atoms with Gasteiger partial charge in [-0.2, -0.15) is 11.8 Å². The third kappa shape index (κ3) is 2.08. The standard InChI is InChI=1S/C11H20N2S/c1-13(10-6-7-14-8-10)11(12)9-4-2-3-5-9/h9-10,12H,2-8H2,1H3. The number of rotatable bonds is 2. The molecule has 2 nitrogen and oxygen atoms in total. The van der Waals surface area contributed by atoms with Crippen molar-refractivity contribution in [2.24, 2.45) is 5.92 Å². The van der Waals surface area contributed by atoms with E-state index in [0.29, 0.717) is 12.0 Å². The number of nitrogens with one attached hydrogen (secondary N) is 1. The molecule has 0 aromatic rings. The molecule has 0 aromatic heterocycles. The Morgan fingerprint density at radius 2 is 2.00 bits per heavy atom. The Labute approximate surface area is 90.9 Å². The third-order valence-electron chi connectivity index (χ3n) is 3.58. The Balaban J connectivity index is 1.89. The molecule has 0 bridgehead atoms. The molecule has 1 heterocycles. The Morgan fingerprint density at radius 1 is 1.29 bits per heavy atom. The highest BCUT2D eigenvalue weighted by molar-refractivity contribution is 7.99. The van der Waals surface area contributed by atoms with Crippen molar-refractivity contribution >= 4 is 17.6 Å². The minimum atomic E-state index is 0.575.